The van der Waals surface area contributed by atoms with Crippen LogP contribution >= 0.6 is 0 Å². The Morgan fingerprint density at radius 2 is 1.93 bits per heavy atom. The van der Waals surface area contributed by atoms with Gasteiger partial charge in [0.1, 0.15) is 11.5 Å². The lowest BCUT2D eigenvalue weighted by molar-refractivity contribution is 0.0982. The summed E-state index contributed by atoms with van der Waals surface area (Å²) in [6, 6.07) is 6.05. The van der Waals surface area contributed by atoms with Gasteiger partial charge in [-0.15, -0.1) is 0 Å². The molecule has 2 heterocycles. The summed E-state index contributed by atoms with van der Waals surface area (Å²) < 4.78 is 5.03. The Labute approximate surface area is 170 Å². The zero-order valence-electron chi connectivity index (χ0n) is 17.1. The Kier molecular flexibility index (Phi) is 6.64. The number of aromatic nitrogens is 2. The molecular weight excluding hydrogens is 370 g/mol. The molecule has 0 atom stereocenters. The Morgan fingerprint density at radius 1 is 1.17 bits per heavy atom. The molecule has 3 rings (SSSR count). The third kappa shape index (κ3) is 5.43. The molecule has 0 spiro atoms. The minimum atomic E-state index is -0.293. The van der Waals surface area contributed by atoms with Crippen LogP contribution in [0.15, 0.2) is 30.6 Å². The second-order valence-electron chi connectivity index (χ2n) is 7.16. The number of rotatable bonds is 5. The third-order valence-electron chi connectivity index (χ3n) is 4.89. The molecule has 1 aliphatic rings. The number of likely N-dealkylation sites (tertiary alicyclic amines) is 1. The number of nitrogens with zero attached hydrogens (tertiary/aromatic N) is 3. The van der Waals surface area contributed by atoms with Crippen LogP contribution in [0.1, 0.15) is 41.4 Å². The van der Waals surface area contributed by atoms with Crippen molar-refractivity contribution >= 4 is 23.5 Å². The third-order valence-corrected chi connectivity index (χ3v) is 4.89. The van der Waals surface area contributed by atoms with Gasteiger partial charge in [0.2, 0.25) is 0 Å². The number of benzene rings is 1. The standard InChI is InChI=1S/C21H27N5O3/c1-4-29-21(28)26-9-7-16(8-10-26)24-19-13-22-18(12-23-19)20(27)25-17-6-5-14(2)11-15(17)3/h5-6,11-13,16H,4,7-10H2,1-3H3,(H,23,24)(H,25,27). The van der Waals surface area contributed by atoms with E-state index in [1.807, 2.05) is 32.0 Å². The highest BCUT2D eigenvalue weighted by atomic mass is 16.6. The molecule has 0 bridgehead atoms. The van der Waals surface area contributed by atoms with Crippen molar-refractivity contribution in [1.82, 2.24) is 14.9 Å². The van der Waals surface area contributed by atoms with Gasteiger partial charge in [-0.05, 0) is 45.2 Å². The van der Waals surface area contributed by atoms with E-state index in [0.29, 0.717) is 25.5 Å². The van der Waals surface area contributed by atoms with Crippen molar-refractivity contribution in [3.63, 3.8) is 0 Å². The van der Waals surface area contributed by atoms with E-state index in [2.05, 4.69) is 20.6 Å². The van der Waals surface area contributed by atoms with Gasteiger partial charge >= 0.3 is 6.09 Å². The van der Waals surface area contributed by atoms with E-state index >= 15 is 0 Å². The van der Waals surface area contributed by atoms with Gasteiger partial charge in [0.25, 0.3) is 5.91 Å². The van der Waals surface area contributed by atoms with Crippen molar-refractivity contribution in [3.8, 4) is 0 Å². The van der Waals surface area contributed by atoms with Crippen molar-refractivity contribution in [2.75, 3.05) is 30.3 Å². The van der Waals surface area contributed by atoms with Crippen LogP contribution in [-0.4, -0.2) is 52.6 Å². The molecule has 0 saturated carbocycles. The second kappa shape index (κ2) is 9.36. The quantitative estimate of drug-likeness (QED) is 0.803. The maximum absolute atomic E-state index is 12.4. The summed E-state index contributed by atoms with van der Waals surface area (Å²) in [6.45, 7) is 7.43. The van der Waals surface area contributed by atoms with E-state index in [4.69, 9.17) is 4.74 Å². The summed E-state index contributed by atoms with van der Waals surface area (Å²) >= 11 is 0. The Morgan fingerprint density at radius 3 is 2.55 bits per heavy atom. The molecule has 0 radical (unpaired) electrons. The molecular formula is C21H27N5O3. The molecule has 8 heteroatoms. The lowest BCUT2D eigenvalue weighted by Crippen LogP contribution is -2.42. The van der Waals surface area contributed by atoms with Crippen LogP contribution in [0.25, 0.3) is 0 Å². The van der Waals surface area contributed by atoms with Gasteiger partial charge in [0, 0.05) is 24.8 Å². The molecule has 0 unspecified atom stereocenters. The van der Waals surface area contributed by atoms with Gasteiger partial charge in [-0.2, -0.15) is 0 Å². The molecule has 1 aromatic carbocycles. The molecule has 1 aromatic heterocycles. The van der Waals surface area contributed by atoms with Gasteiger partial charge in [-0.3, -0.25) is 4.79 Å². The molecule has 1 fully saturated rings. The van der Waals surface area contributed by atoms with Crippen LogP contribution in [0, 0.1) is 13.8 Å². The number of nitrogens with one attached hydrogen (secondary N) is 2. The van der Waals surface area contributed by atoms with Crippen molar-refractivity contribution in [2.24, 2.45) is 0 Å². The molecule has 154 valence electrons. The minimum absolute atomic E-state index is 0.199. The lowest BCUT2D eigenvalue weighted by atomic mass is 10.1. The summed E-state index contributed by atoms with van der Waals surface area (Å²) in [5.41, 5.74) is 3.16. The maximum Gasteiger partial charge on any atom is 0.409 e. The summed E-state index contributed by atoms with van der Waals surface area (Å²) in [7, 11) is 0. The highest BCUT2D eigenvalue weighted by molar-refractivity contribution is 6.03. The zero-order valence-corrected chi connectivity index (χ0v) is 17.1. The van der Waals surface area contributed by atoms with Gasteiger partial charge in [-0.25, -0.2) is 14.8 Å². The Hall–Kier alpha value is -3.16. The smallest absolute Gasteiger partial charge is 0.409 e. The zero-order chi connectivity index (χ0) is 20.8. The van der Waals surface area contributed by atoms with Crippen LogP contribution in [0.3, 0.4) is 0 Å². The summed E-state index contributed by atoms with van der Waals surface area (Å²) in [4.78, 5) is 34.4. The molecule has 2 amide bonds. The van der Waals surface area contributed by atoms with Gasteiger partial charge in [0.05, 0.1) is 19.0 Å². The van der Waals surface area contributed by atoms with E-state index in [1.165, 1.54) is 6.20 Å². The Balaban J connectivity index is 1.52. The number of carbonyl (C=O) groups excluding carboxylic acids is 2. The molecule has 1 saturated heterocycles. The fourth-order valence-corrected chi connectivity index (χ4v) is 3.29. The number of carbonyl (C=O) groups is 2. The van der Waals surface area contributed by atoms with Crippen LogP contribution in [0.2, 0.25) is 0 Å². The van der Waals surface area contributed by atoms with Crippen molar-refractivity contribution in [3.05, 3.63) is 47.4 Å². The second-order valence-corrected chi connectivity index (χ2v) is 7.16. The summed E-state index contributed by atoms with van der Waals surface area (Å²) in [5, 5.41) is 6.19. The predicted molar refractivity (Wildman–Crippen MR) is 111 cm³/mol. The number of hydrogen-bond donors (Lipinski definition) is 2. The van der Waals surface area contributed by atoms with Crippen LogP contribution < -0.4 is 10.6 Å². The average Bonchev–Trinajstić information content (AvgIpc) is 2.71. The fourth-order valence-electron chi connectivity index (χ4n) is 3.29. The van der Waals surface area contributed by atoms with E-state index in [9.17, 15) is 9.59 Å². The number of anilines is 2. The topological polar surface area (TPSA) is 96.5 Å². The van der Waals surface area contributed by atoms with E-state index in [0.717, 1.165) is 29.7 Å². The number of ether oxygens (including phenoxy) is 1. The largest absolute Gasteiger partial charge is 0.450 e. The molecule has 0 aliphatic carbocycles. The highest BCUT2D eigenvalue weighted by Gasteiger charge is 2.23. The van der Waals surface area contributed by atoms with E-state index in [-0.39, 0.29) is 23.7 Å². The van der Waals surface area contributed by atoms with Crippen molar-refractivity contribution < 1.29 is 14.3 Å². The van der Waals surface area contributed by atoms with Gasteiger partial charge in [0.15, 0.2) is 0 Å². The van der Waals surface area contributed by atoms with Crippen molar-refractivity contribution in [1.29, 1.82) is 0 Å². The SMILES string of the molecule is CCOC(=O)N1CCC(Nc2cnc(C(=O)Nc3ccc(C)cc3C)cn2)CC1. The fraction of sp³-hybridized carbons (Fsp3) is 0.429. The molecule has 29 heavy (non-hydrogen) atoms. The predicted octanol–water partition coefficient (Wildman–Crippen LogP) is 3.38. The first kappa shape index (κ1) is 20.6. The molecule has 2 aromatic rings. The monoisotopic (exact) mass is 397 g/mol. The molecule has 8 nitrogen and oxygen atoms in total. The first-order valence-corrected chi connectivity index (χ1v) is 9.85. The van der Waals surface area contributed by atoms with Gasteiger partial charge < -0.3 is 20.3 Å². The number of piperidine rings is 1. The van der Waals surface area contributed by atoms with Crippen LogP contribution in [0.5, 0.6) is 0 Å². The van der Waals surface area contributed by atoms with E-state index in [1.54, 1.807) is 18.0 Å². The Bertz CT molecular complexity index is 861. The maximum atomic E-state index is 12.4. The van der Waals surface area contributed by atoms with Crippen molar-refractivity contribution in [2.45, 2.75) is 39.7 Å². The minimum Gasteiger partial charge on any atom is -0.450 e. The lowest BCUT2D eigenvalue weighted by Gasteiger charge is -2.31. The first-order valence-electron chi connectivity index (χ1n) is 9.85. The summed E-state index contributed by atoms with van der Waals surface area (Å²) in [6.07, 6.45) is 4.37. The van der Waals surface area contributed by atoms with E-state index < -0.39 is 0 Å². The summed E-state index contributed by atoms with van der Waals surface area (Å²) in [5.74, 6) is 0.321. The first-order chi connectivity index (χ1) is 14.0. The average molecular weight is 397 g/mol. The number of amides is 2. The number of hydrogen-bond acceptors (Lipinski definition) is 6. The van der Waals surface area contributed by atoms with Gasteiger partial charge in [-0.1, -0.05) is 17.7 Å². The number of aryl methyl sites for hydroxylation is 2. The van der Waals surface area contributed by atoms with Crippen LogP contribution in [0.4, 0.5) is 16.3 Å². The molecule has 1 aliphatic heterocycles. The van der Waals surface area contributed by atoms with Crippen LogP contribution in [-0.2, 0) is 4.74 Å². The normalized spacial score (nSPS) is 14.4. The molecule has 2 N–H and O–H groups in total. The highest BCUT2D eigenvalue weighted by Crippen LogP contribution is 2.18.